The lowest BCUT2D eigenvalue weighted by atomic mass is 10.1. The summed E-state index contributed by atoms with van der Waals surface area (Å²) in [6, 6.07) is 15.9. The average Bonchev–Trinajstić information content (AvgIpc) is 3.25. The van der Waals surface area contributed by atoms with Crippen molar-refractivity contribution in [2.24, 2.45) is 0 Å². The molecule has 4 aromatic rings. The summed E-state index contributed by atoms with van der Waals surface area (Å²) >= 11 is 1.20. The number of aromatic nitrogens is 3. The van der Waals surface area contributed by atoms with Crippen LogP contribution in [-0.4, -0.2) is 32.9 Å². The molecule has 2 aromatic carbocycles. The van der Waals surface area contributed by atoms with Gasteiger partial charge >= 0.3 is 0 Å². The van der Waals surface area contributed by atoms with Gasteiger partial charge in [0.15, 0.2) is 22.4 Å². The highest BCUT2D eigenvalue weighted by Gasteiger charge is 2.19. The Kier molecular flexibility index (Phi) is 4.91. The number of hydrogen-bond donors (Lipinski definition) is 0. The third-order valence-corrected chi connectivity index (χ3v) is 5.84. The molecule has 0 aliphatic carbocycles. The largest absolute Gasteiger partial charge is 0.454 e. The van der Waals surface area contributed by atoms with Gasteiger partial charge in [-0.1, -0.05) is 23.9 Å². The highest BCUT2D eigenvalue weighted by molar-refractivity contribution is 7.99. The highest BCUT2D eigenvalue weighted by atomic mass is 32.2. The Labute approximate surface area is 181 Å². The second kappa shape index (κ2) is 7.88. The predicted octanol–water partition coefficient (Wildman–Crippen LogP) is 3.79. The van der Waals surface area contributed by atoms with E-state index in [2.05, 4.69) is 9.97 Å². The van der Waals surface area contributed by atoms with E-state index in [4.69, 9.17) is 9.47 Å². The van der Waals surface area contributed by atoms with Crippen LogP contribution < -0.4 is 15.0 Å². The number of carbonyl (C=O) groups excluding carboxylic acids is 1. The van der Waals surface area contributed by atoms with Gasteiger partial charge in [-0.05, 0) is 55.0 Å². The van der Waals surface area contributed by atoms with Gasteiger partial charge in [-0.15, -0.1) is 0 Å². The molecule has 0 N–H and O–H groups in total. The van der Waals surface area contributed by atoms with Crippen molar-refractivity contribution in [3.63, 3.8) is 0 Å². The van der Waals surface area contributed by atoms with E-state index in [1.807, 2.05) is 25.1 Å². The molecule has 0 fully saturated rings. The minimum atomic E-state index is -0.221. The van der Waals surface area contributed by atoms with Crippen LogP contribution in [0.5, 0.6) is 11.5 Å². The van der Waals surface area contributed by atoms with Gasteiger partial charge in [-0.3, -0.25) is 9.59 Å². The van der Waals surface area contributed by atoms with E-state index >= 15 is 0 Å². The van der Waals surface area contributed by atoms with Crippen molar-refractivity contribution in [3.05, 3.63) is 82.3 Å². The number of ketones is 1. The van der Waals surface area contributed by atoms with E-state index in [-0.39, 0.29) is 23.9 Å². The van der Waals surface area contributed by atoms with Crippen LogP contribution in [0.25, 0.3) is 16.7 Å². The second-order valence-corrected chi connectivity index (χ2v) is 7.97. The van der Waals surface area contributed by atoms with E-state index in [0.717, 1.165) is 5.56 Å². The first-order chi connectivity index (χ1) is 15.1. The topological polar surface area (TPSA) is 83.3 Å². The van der Waals surface area contributed by atoms with Gasteiger partial charge < -0.3 is 9.47 Å². The number of para-hydroxylation sites is 1. The van der Waals surface area contributed by atoms with Crippen LogP contribution in [-0.2, 0) is 0 Å². The molecule has 154 valence electrons. The molecule has 5 rings (SSSR count). The van der Waals surface area contributed by atoms with Crippen LogP contribution in [0.4, 0.5) is 0 Å². The second-order valence-electron chi connectivity index (χ2n) is 7.02. The third kappa shape index (κ3) is 3.66. The van der Waals surface area contributed by atoms with E-state index < -0.39 is 0 Å². The molecule has 2 aromatic heterocycles. The van der Waals surface area contributed by atoms with Gasteiger partial charge in [0.25, 0.3) is 5.56 Å². The summed E-state index contributed by atoms with van der Waals surface area (Å²) in [4.78, 5) is 35.1. The van der Waals surface area contributed by atoms with Crippen molar-refractivity contribution in [2.75, 3.05) is 12.5 Å². The van der Waals surface area contributed by atoms with Crippen molar-refractivity contribution >= 4 is 28.4 Å². The summed E-state index contributed by atoms with van der Waals surface area (Å²) in [5.74, 6) is 1.66. The number of ether oxygens (including phenoxy) is 2. The molecule has 1 aliphatic rings. The zero-order valence-corrected chi connectivity index (χ0v) is 17.4. The van der Waals surface area contributed by atoms with Crippen molar-refractivity contribution < 1.29 is 14.3 Å². The minimum Gasteiger partial charge on any atom is -0.454 e. The monoisotopic (exact) mass is 431 g/mol. The maximum absolute atomic E-state index is 13.3. The van der Waals surface area contributed by atoms with Crippen molar-refractivity contribution in [3.8, 4) is 17.3 Å². The van der Waals surface area contributed by atoms with Gasteiger partial charge in [0, 0.05) is 11.8 Å². The fraction of sp³-hybridized carbons (Fsp3) is 0.130. The molecule has 1 aliphatic heterocycles. The number of hydrogen-bond acceptors (Lipinski definition) is 7. The Morgan fingerprint density at radius 3 is 2.81 bits per heavy atom. The maximum Gasteiger partial charge on any atom is 0.267 e. The number of pyridine rings is 1. The Bertz CT molecular complexity index is 1380. The number of rotatable bonds is 5. The maximum atomic E-state index is 13.3. The smallest absolute Gasteiger partial charge is 0.267 e. The number of Topliss-reactive ketones (excluding diaryl/α,β-unsaturated/α-hetero) is 1. The lowest BCUT2D eigenvalue weighted by Crippen LogP contribution is -2.23. The van der Waals surface area contributed by atoms with E-state index in [1.165, 1.54) is 16.3 Å². The quantitative estimate of drug-likeness (QED) is 0.270. The first-order valence-electron chi connectivity index (χ1n) is 9.60. The van der Waals surface area contributed by atoms with Crippen LogP contribution in [0, 0.1) is 6.92 Å². The minimum absolute atomic E-state index is 0.102. The average molecular weight is 431 g/mol. The first-order valence-corrected chi connectivity index (χ1v) is 10.6. The molecule has 3 heterocycles. The summed E-state index contributed by atoms with van der Waals surface area (Å²) in [6.45, 7) is 2.08. The number of carbonyl (C=O) groups is 1. The fourth-order valence-electron chi connectivity index (χ4n) is 3.34. The van der Waals surface area contributed by atoms with Crippen LogP contribution in [0.2, 0.25) is 0 Å². The number of thioether (sulfide) groups is 1. The molecule has 8 heteroatoms. The highest BCUT2D eigenvalue weighted by Crippen LogP contribution is 2.33. The summed E-state index contributed by atoms with van der Waals surface area (Å²) < 4.78 is 12.1. The van der Waals surface area contributed by atoms with Crippen LogP contribution in [0.15, 0.2) is 70.7 Å². The number of benzene rings is 2. The summed E-state index contributed by atoms with van der Waals surface area (Å²) in [6.07, 6.45) is 1.65. The molecule has 0 bridgehead atoms. The van der Waals surface area contributed by atoms with E-state index in [9.17, 15) is 9.59 Å². The van der Waals surface area contributed by atoms with Gasteiger partial charge in [0.05, 0.1) is 16.7 Å². The lowest BCUT2D eigenvalue weighted by Gasteiger charge is -2.12. The SMILES string of the molecule is Cc1ccnc(-n2c(SCC(=O)c3ccc4c(c3)OCO4)nc3ccccc3c2=O)c1. The zero-order valence-electron chi connectivity index (χ0n) is 16.6. The Hall–Kier alpha value is -3.65. The van der Waals surface area contributed by atoms with Crippen LogP contribution >= 0.6 is 11.8 Å². The molecular weight excluding hydrogens is 414 g/mol. The molecule has 0 spiro atoms. The molecule has 0 saturated heterocycles. The van der Waals surface area contributed by atoms with Crippen molar-refractivity contribution in [1.29, 1.82) is 0 Å². The summed E-state index contributed by atoms with van der Waals surface area (Å²) in [5, 5.41) is 0.910. The fourth-order valence-corrected chi connectivity index (χ4v) is 4.23. The lowest BCUT2D eigenvalue weighted by molar-refractivity contribution is 0.102. The van der Waals surface area contributed by atoms with E-state index in [1.54, 1.807) is 42.6 Å². The first kappa shape index (κ1) is 19.3. The molecule has 0 radical (unpaired) electrons. The normalized spacial score (nSPS) is 12.3. The number of nitrogens with zero attached hydrogens (tertiary/aromatic N) is 3. The van der Waals surface area contributed by atoms with Crippen molar-refractivity contribution in [2.45, 2.75) is 12.1 Å². The summed E-state index contributed by atoms with van der Waals surface area (Å²) in [5.41, 5.74) is 1.84. The number of fused-ring (bicyclic) bond motifs is 2. The predicted molar refractivity (Wildman–Crippen MR) is 117 cm³/mol. The van der Waals surface area contributed by atoms with Gasteiger partial charge in [0.2, 0.25) is 6.79 Å². The zero-order chi connectivity index (χ0) is 21.4. The van der Waals surface area contributed by atoms with E-state index in [0.29, 0.717) is 38.9 Å². The van der Waals surface area contributed by atoms with Crippen molar-refractivity contribution in [1.82, 2.24) is 14.5 Å². The van der Waals surface area contributed by atoms with Crippen LogP contribution in [0.1, 0.15) is 15.9 Å². The molecule has 31 heavy (non-hydrogen) atoms. The molecule has 0 atom stereocenters. The van der Waals surface area contributed by atoms with Gasteiger partial charge in [-0.25, -0.2) is 14.5 Å². The molecular formula is C23H17N3O4S. The molecule has 0 saturated carbocycles. The Morgan fingerprint density at radius 1 is 1.10 bits per heavy atom. The van der Waals surface area contributed by atoms with Crippen LogP contribution in [0.3, 0.4) is 0 Å². The van der Waals surface area contributed by atoms with Gasteiger partial charge in [-0.2, -0.15) is 0 Å². The van der Waals surface area contributed by atoms with Gasteiger partial charge in [0.1, 0.15) is 5.82 Å². The Morgan fingerprint density at radius 2 is 1.94 bits per heavy atom. The standard InChI is InChI=1S/C23H17N3O4S/c1-14-8-9-24-21(10-14)26-22(28)16-4-2-3-5-17(16)25-23(26)31-12-18(27)15-6-7-19-20(11-15)30-13-29-19/h2-11H,12-13H2,1H3. The number of aryl methyl sites for hydroxylation is 1. The molecule has 0 unspecified atom stereocenters. The summed E-state index contributed by atoms with van der Waals surface area (Å²) in [7, 11) is 0. The molecule has 0 amide bonds. The third-order valence-electron chi connectivity index (χ3n) is 4.90. The molecule has 7 nitrogen and oxygen atoms in total. The Balaban J connectivity index is 1.52.